The fraction of sp³-hybridized carbons (Fsp3) is 0.0909. The fourth-order valence-corrected chi connectivity index (χ4v) is 1.52. The number of carboxylic acids is 1. The number of carboxylic acid groups (broad SMARTS) is 1. The molecule has 0 amide bonds. The normalized spacial score (nSPS) is 10.2. The minimum atomic E-state index is -1.01. The van der Waals surface area contributed by atoms with Gasteiger partial charge in [0.05, 0.1) is 12.6 Å². The third-order valence-electron chi connectivity index (χ3n) is 2.18. The van der Waals surface area contributed by atoms with Crippen LogP contribution in [0.25, 0.3) is 10.9 Å². The molecule has 0 saturated heterocycles. The number of hydrogen-bond donors (Lipinski definition) is 1. The molecule has 0 unspecified atom stereocenters. The van der Waals surface area contributed by atoms with Crippen molar-refractivity contribution < 1.29 is 14.6 Å². The summed E-state index contributed by atoms with van der Waals surface area (Å²) in [6, 6.07) is 6.77. The van der Waals surface area contributed by atoms with Gasteiger partial charge in [0, 0.05) is 11.6 Å². The van der Waals surface area contributed by atoms with Crippen molar-refractivity contribution in [3.05, 3.63) is 36.0 Å². The SMILES string of the molecule is COc1ccc2ncccc2c1C(=O)O. The Kier molecular flexibility index (Phi) is 2.25. The summed E-state index contributed by atoms with van der Waals surface area (Å²) in [7, 11) is 1.45. The van der Waals surface area contributed by atoms with Crippen LogP contribution >= 0.6 is 0 Å². The van der Waals surface area contributed by atoms with Crippen LogP contribution < -0.4 is 4.74 Å². The molecule has 1 aromatic heterocycles. The summed E-state index contributed by atoms with van der Waals surface area (Å²) in [5.41, 5.74) is 0.804. The predicted octanol–water partition coefficient (Wildman–Crippen LogP) is 1.94. The molecule has 76 valence electrons. The summed E-state index contributed by atoms with van der Waals surface area (Å²) in [6.07, 6.45) is 1.63. The molecule has 1 N–H and O–H groups in total. The van der Waals surface area contributed by atoms with Crippen LogP contribution in [-0.4, -0.2) is 23.2 Å². The van der Waals surface area contributed by atoms with Crippen LogP contribution in [0.2, 0.25) is 0 Å². The fourth-order valence-electron chi connectivity index (χ4n) is 1.52. The van der Waals surface area contributed by atoms with E-state index in [4.69, 9.17) is 9.84 Å². The molecule has 1 aromatic carbocycles. The van der Waals surface area contributed by atoms with Crippen LogP contribution in [0.4, 0.5) is 0 Å². The van der Waals surface area contributed by atoms with Crippen LogP contribution in [0.15, 0.2) is 30.5 Å². The van der Waals surface area contributed by atoms with E-state index in [1.165, 1.54) is 7.11 Å². The number of fused-ring (bicyclic) bond motifs is 1. The first-order valence-corrected chi connectivity index (χ1v) is 4.39. The van der Waals surface area contributed by atoms with Gasteiger partial charge in [-0.25, -0.2) is 4.79 Å². The Hall–Kier alpha value is -2.10. The van der Waals surface area contributed by atoms with Crippen molar-refractivity contribution in [2.45, 2.75) is 0 Å². The number of aromatic nitrogens is 1. The largest absolute Gasteiger partial charge is 0.496 e. The van der Waals surface area contributed by atoms with E-state index in [9.17, 15) is 4.79 Å². The number of pyridine rings is 1. The van der Waals surface area contributed by atoms with Crippen LogP contribution in [0, 0.1) is 0 Å². The highest BCUT2D eigenvalue weighted by molar-refractivity contribution is 6.05. The summed E-state index contributed by atoms with van der Waals surface area (Å²) in [6.45, 7) is 0. The lowest BCUT2D eigenvalue weighted by Crippen LogP contribution is -2.01. The molecule has 0 radical (unpaired) electrons. The minimum absolute atomic E-state index is 0.156. The maximum absolute atomic E-state index is 11.1. The number of rotatable bonds is 2. The number of carbonyl (C=O) groups is 1. The Bertz CT molecular complexity index is 522. The monoisotopic (exact) mass is 203 g/mol. The average molecular weight is 203 g/mol. The van der Waals surface area contributed by atoms with Gasteiger partial charge in [0.2, 0.25) is 0 Å². The minimum Gasteiger partial charge on any atom is -0.496 e. The Morgan fingerprint density at radius 1 is 1.40 bits per heavy atom. The second-order valence-electron chi connectivity index (χ2n) is 3.02. The smallest absolute Gasteiger partial charge is 0.340 e. The van der Waals surface area contributed by atoms with E-state index in [0.717, 1.165) is 0 Å². The van der Waals surface area contributed by atoms with Crippen LogP contribution in [0.1, 0.15) is 10.4 Å². The van der Waals surface area contributed by atoms with Crippen molar-refractivity contribution >= 4 is 16.9 Å². The van der Waals surface area contributed by atoms with Gasteiger partial charge in [0.15, 0.2) is 0 Å². The lowest BCUT2D eigenvalue weighted by atomic mass is 10.1. The molecule has 1 heterocycles. The topological polar surface area (TPSA) is 59.4 Å². The maximum Gasteiger partial charge on any atom is 0.340 e. The van der Waals surface area contributed by atoms with Gasteiger partial charge in [-0.1, -0.05) is 6.07 Å². The van der Waals surface area contributed by atoms with Gasteiger partial charge in [-0.2, -0.15) is 0 Å². The highest BCUT2D eigenvalue weighted by Gasteiger charge is 2.14. The lowest BCUT2D eigenvalue weighted by Gasteiger charge is -2.07. The Morgan fingerprint density at radius 3 is 2.87 bits per heavy atom. The highest BCUT2D eigenvalue weighted by Crippen LogP contribution is 2.26. The van der Waals surface area contributed by atoms with Gasteiger partial charge in [-0.3, -0.25) is 4.98 Å². The van der Waals surface area contributed by atoms with Gasteiger partial charge in [0.25, 0.3) is 0 Å². The predicted molar refractivity (Wildman–Crippen MR) is 55.3 cm³/mol. The molecule has 2 rings (SSSR count). The first-order valence-electron chi connectivity index (χ1n) is 4.39. The van der Waals surface area contributed by atoms with Gasteiger partial charge in [-0.15, -0.1) is 0 Å². The second kappa shape index (κ2) is 3.57. The summed E-state index contributed by atoms with van der Waals surface area (Å²) in [4.78, 5) is 15.2. The van der Waals surface area contributed by atoms with Crippen LogP contribution in [0.3, 0.4) is 0 Å². The van der Waals surface area contributed by atoms with E-state index in [0.29, 0.717) is 16.7 Å². The molecule has 2 aromatic rings. The van der Waals surface area contributed by atoms with Gasteiger partial charge < -0.3 is 9.84 Å². The number of hydrogen-bond acceptors (Lipinski definition) is 3. The third kappa shape index (κ3) is 1.50. The summed E-state index contributed by atoms with van der Waals surface area (Å²) < 4.78 is 5.01. The van der Waals surface area contributed by atoms with Gasteiger partial charge >= 0.3 is 5.97 Å². The Labute approximate surface area is 86.1 Å². The molecule has 0 aliphatic heterocycles. The van der Waals surface area contributed by atoms with E-state index in [1.807, 2.05) is 0 Å². The molecular formula is C11H9NO3. The van der Waals surface area contributed by atoms with E-state index in [1.54, 1.807) is 30.5 Å². The highest BCUT2D eigenvalue weighted by atomic mass is 16.5. The zero-order valence-corrected chi connectivity index (χ0v) is 8.10. The number of benzene rings is 1. The lowest BCUT2D eigenvalue weighted by molar-refractivity contribution is 0.0695. The summed E-state index contributed by atoms with van der Waals surface area (Å²) in [5, 5.41) is 9.67. The Morgan fingerprint density at radius 2 is 2.20 bits per heavy atom. The molecule has 4 nitrogen and oxygen atoms in total. The maximum atomic E-state index is 11.1. The molecule has 0 aliphatic rings. The van der Waals surface area contributed by atoms with E-state index >= 15 is 0 Å². The van der Waals surface area contributed by atoms with Crippen molar-refractivity contribution in [1.29, 1.82) is 0 Å². The first-order chi connectivity index (χ1) is 7.24. The molecular weight excluding hydrogens is 194 g/mol. The number of ether oxygens (including phenoxy) is 1. The van der Waals surface area contributed by atoms with Crippen molar-refractivity contribution in [2.75, 3.05) is 7.11 Å². The van der Waals surface area contributed by atoms with Gasteiger partial charge in [0.1, 0.15) is 11.3 Å². The number of aromatic carboxylic acids is 1. The standard InChI is InChI=1S/C11H9NO3/c1-15-9-5-4-8-7(3-2-6-12-8)10(9)11(13)14/h2-6H,1H3,(H,13,14). The molecule has 0 saturated carbocycles. The molecule has 15 heavy (non-hydrogen) atoms. The Balaban J connectivity index is 2.85. The van der Waals surface area contributed by atoms with Crippen molar-refractivity contribution in [3.8, 4) is 5.75 Å². The van der Waals surface area contributed by atoms with Crippen LogP contribution in [0.5, 0.6) is 5.75 Å². The number of methoxy groups -OCH3 is 1. The summed E-state index contributed by atoms with van der Waals surface area (Å²) in [5.74, 6) is -0.659. The summed E-state index contributed by atoms with van der Waals surface area (Å²) >= 11 is 0. The van der Waals surface area contributed by atoms with Crippen molar-refractivity contribution in [1.82, 2.24) is 4.98 Å². The molecule has 0 fully saturated rings. The first kappa shape index (κ1) is 9.45. The molecule has 0 atom stereocenters. The molecule has 0 spiro atoms. The molecule has 0 bridgehead atoms. The number of nitrogens with zero attached hydrogens (tertiary/aromatic N) is 1. The average Bonchev–Trinajstić information content (AvgIpc) is 2.27. The van der Waals surface area contributed by atoms with E-state index < -0.39 is 5.97 Å². The van der Waals surface area contributed by atoms with Crippen LogP contribution in [-0.2, 0) is 0 Å². The zero-order valence-electron chi connectivity index (χ0n) is 8.10. The third-order valence-corrected chi connectivity index (χ3v) is 2.18. The van der Waals surface area contributed by atoms with E-state index in [-0.39, 0.29) is 5.56 Å². The van der Waals surface area contributed by atoms with Crippen molar-refractivity contribution in [2.24, 2.45) is 0 Å². The quantitative estimate of drug-likeness (QED) is 0.810. The van der Waals surface area contributed by atoms with Crippen molar-refractivity contribution in [3.63, 3.8) is 0 Å². The second-order valence-corrected chi connectivity index (χ2v) is 3.02. The molecule has 4 heteroatoms. The van der Waals surface area contributed by atoms with E-state index in [2.05, 4.69) is 4.98 Å². The zero-order chi connectivity index (χ0) is 10.8. The van der Waals surface area contributed by atoms with Gasteiger partial charge in [-0.05, 0) is 18.2 Å². The molecule has 0 aliphatic carbocycles.